The molecule has 0 saturated carbocycles. The molecule has 2 aromatic carbocycles. The quantitative estimate of drug-likeness (QED) is 0.456. The Kier molecular flexibility index (Phi) is 10.4. The third kappa shape index (κ3) is 8.74. The van der Waals surface area contributed by atoms with E-state index in [-0.39, 0.29) is 43.8 Å². The predicted molar refractivity (Wildman–Crippen MR) is 139 cm³/mol. The van der Waals surface area contributed by atoms with Gasteiger partial charge in [-0.25, -0.2) is 8.42 Å². The van der Waals surface area contributed by atoms with E-state index in [2.05, 4.69) is 5.32 Å². The molecule has 0 radical (unpaired) electrons. The van der Waals surface area contributed by atoms with Crippen LogP contribution in [0.25, 0.3) is 0 Å². The van der Waals surface area contributed by atoms with Crippen LogP contribution in [0.1, 0.15) is 39.2 Å². The van der Waals surface area contributed by atoms with Crippen LogP contribution in [0.2, 0.25) is 5.02 Å². The highest BCUT2D eigenvalue weighted by Crippen LogP contribution is 2.23. The molecule has 2 amide bonds. The van der Waals surface area contributed by atoms with Gasteiger partial charge < -0.3 is 15.0 Å². The SMILES string of the molecule is COc1ccc(CN(C(=O)CCCN(c2cccc(Cl)c2)S(C)(=O)=O)C(C)C(=O)NC(C)C)cc1. The highest BCUT2D eigenvalue weighted by Gasteiger charge is 2.27. The average Bonchev–Trinajstić information content (AvgIpc) is 2.78. The third-order valence-corrected chi connectivity index (χ3v) is 6.79. The summed E-state index contributed by atoms with van der Waals surface area (Å²) in [5.41, 5.74) is 1.28. The Morgan fingerprint density at radius 1 is 1.09 bits per heavy atom. The van der Waals surface area contributed by atoms with Crippen molar-refractivity contribution in [3.8, 4) is 5.75 Å². The number of ether oxygens (including phenoxy) is 1. The van der Waals surface area contributed by atoms with Crippen molar-refractivity contribution >= 4 is 39.1 Å². The number of rotatable bonds is 12. The maximum absolute atomic E-state index is 13.3. The van der Waals surface area contributed by atoms with Crippen molar-refractivity contribution in [1.82, 2.24) is 10.2 Å². The summed E-state index contributed by atoms with van der Waals surface area (Å²) in [4.78, 5) is 27.5. The minimum Gasteiger partial charge on any atom is -0.497 e. The third-order valence-electron chi connectivity index (χ3n) is 5.36. The summed E-state index contributed by atoms with van der Waals surface area (Å²) in [6.45, 7) is 5.74. The topological polar surface area (TPSA) is 96.0 Å². The minimum atomic E-state index is -3.58. The van der Waals surface area contributed by atoms with Crippen LogP contribution in [-0.4, -0.2) is 57.1 Å². The monoisotopic (exact) mass is 523 g/mol. The summed E-state index contributed by atoms with van der Waals surface area (Å²) in [5.74, 6) is 0.199. The second-order valence-corrected chi connectivity index (χ2v) is 11.0. The molecule has 0 heterocycles. The van der Waals surface area contributed by atoms with Gasteiger partial charge in [-0.2, -0.15) is 0 Å². The van der Waals surface area contributed by atoms with Crippen LogP contribution >= 0.6 is 11.6 Å². The van der Waals surface area contributed by atoms with Gasteiger partial charge in [0.15, 0.2) is 0 Å². The molecule has 2 rings (SSSR count). The van der Waals surface area contributed by atoms with Crippen molar-refractivity contribution < 1.29 is 22.7 Å². The van der Waals surface area contributed by atoms with Gasteiger partial charge in [0.05, 0.1) is 19.1 Å². The number of halogens is 1. The summed E-state index contributed by atoms with van der Waals surface area (Å²) in [6.07, 6.45) is 1.46. The molecule has 2 aromatic rings. The first-order chi connectivity index (χ1) is 16.4. The summed E-state index contributed by atoms with van der Waals surface area (Å²) < 4.78 is 31.2. The fourth-order valence-corrected chi connectivity index (χ4v) is 4.69. The molecule has 0 fully saturated rings. The summed E-state index contributed by atoms with van der Waals surface area (Å²) in [6, 6.07) is 13.1. The van der Waals surface area contributed by atoms with Gasteiger partial charge in [-0.15, -0.1) is 0 Å². The molecular formula is C25H34ClN3O5S. The zero-order valence-corrected chi connectivity index (χ0v) is 22.4. The first kappa shape index (κ1) is 28.5. The molecule has 1 N–H and O–H groups in total. The highest BCUT2D eigenvalue weighted by atomic mass is 35.5. The Morgan fingerprint density at radius 3 is 2.29 bits per heavy atom. The van der Waals surface area contributed by atoms with Crippen LogP contribution < -0.4 is 14.4 Å². The normalized spacial score (nSPS) is 12.2. The number of methoxy groups -OCH3 is 1. The molecule has 0 aliphatic heterocycles. The molecule has 192 valence electrons. The molecule has 0 saturated heterocycles. The van der Waals surface area contributed by atoms with Gasteiger partial charge in [-0.05, 0) is 63.1 Å². The van der Waals surface area contributed by atoms with Crippen molar-refractivity contribution in [1.29, 1.82) is 0 Å². The molecule has 0 aliphatic rings. The van der Waals surface area contributed by atoms with E-state index in [0.29, 0.717) is 16.5 Å². The second-order valence-electron chi connectivity index (χ2n) is 8.63. The van der Waals surface area contributed by atoms with Crippen molar-refractivity contribution in [3.63, 3.8) is 0 Å². The lowest BCUT2D eigenvalue weighted by atomic mass is 10.1. The van der Waals surface area contributed by atoms with Crippen LogP contribution in [0.5, 0.6) is 5.75 Å². The largest absolute Gasteiger partial charge is 0.497 e. The smallest absolute Gasteiger partial charge is 0.242 e. The van der Waals surface area contributed by atoms with E-state index in [4.69, 9.17) is 16.3 Å². The van der Waals surface area contributed by atoms with Crippen molar-refractivity contribution in [2.24, 2.45) is 0 Å². The zero-order chi connectivity index (χ0) is 26.2. The Balaban J connectivity index is 2.17. The molecule has 0 spiro atoms. The lowest BCUT2D eigenvalue weighted by molar-refractivity contribution is -0.140. The molecular weight excluding hydrogens is 490 g/mol. The predicted octanol–water partition coefficient (Wildman–Crippen LogP) is 3.84. The number of sulfonamides is 1. The number of carbonyl (C=O) groups excluding carboxylic acids is 2. The lowest BCUT2D eigenvalue weighted by Gasteiger charge is -2.30. The number of carbonyl (C=O) groups is 2. The van der Waals surface area contributed by atoms with Crippen molar-refractivity contribution in [3.05, 3.63) is 59.1 Å². The first-order valence-corrected chi connectivity index (χ1v) is 13.6. The molecule has 1 atom stereocenters. The number of anilines is 1. The maximum Gasteiger partial charge on any atom is 0.242 e. The standard InChI is InChI=1S/C25H34ClN3O5S/c1-18(2)27-25(31)19(3)28(17-20-11-13-23(34-4)14-12-20)24(30)10-7-15-29(35(5,32)33)22-9-6-8-21(26)16-22/h6,8-9,11-14,16,18-19H,7,10,15,17H2,1-5H3,(H,27,31). The van der Waals surface area contributed by atoms with Gasteiger partial charge in [-0.1, -0.05) is 29.8 Å². The number of benzene rings is 2. The van der Waals surface area contributed by atoms with Crippen LogP contribution in [0, 0.1) is 0 Å². The number of hydrogen-bond acceptors (Lipinski definition) is 5. The van der Waals surface area contributed by atoms with Gasteiger partial charge in [-0.3, -0.25) is 13.9 Å². The van der Waals surface area contributed by atoms with E-state index in [0.717, 1.165) is 11.8 Å². The van der Waals surface area contributed by atoms with E-state index in [1.807, 2.05) is 26.0 Å². The van der Waals surface area contributed by atoms with E-state index in [1.165, 1.54) is 9.21 Å². The van der Waals surface area contributed by atoms with Crippen LogP contribution in [0.4, 0.5) is 5.69 Å². The maximum atomic E-state index is 13.3. The number of nitrogens with zero attached hydrogens (tertiary/aromatic N) is 2. The van der Waals surface area contributed by atoms with Gasteiger partial charge >= 0.3 is 0 Å². The fraction of sp³-hybridized carbons (Fsp3) is 0.440. The minimum absolute atomic E-state index is 0.0658. The summed E-state index contributed by atoms with van der Waals surface area (Å²) >= 11 is 6.03. The first-order valence-electron chi connectivity index (χ1n) is 11.4. The lowest BCUT2D eigenvalue weighted by Crippen LogP contribution is -2.49. The molecule has 0 bridgehead atoms. The summed E-state index contributed by atoms with van der Waals surface area (Å²) in [7, 11) is -2.00. The van der Waals surface area contributed by atoms with Gasteiger partial charge in [0.2, 0.25) is 21.8 Å². The van der Waals surface area contributed by atoms with Crippen LogP contribution in [-0.2, 0) is 26.2 Å². The fourth-order valence-electron chi connectivity index (χ4n) is 3.55. The molecule has 35 heavy (non-hydrogen) atoms. The van der Waals surface area contributed by atoms with Gasteiger partial charge in [0.25, 0.3) is 0 Å². The van der Waals surface area contributed by atoms with E-state index in [1.54, 1.807) is 50.4 Å². The molecule has 10 heteroatoms. The van der Waals surface area contributed by atoms with Gasteiger partial charge in [0.1, 0.15) is 11.8 Å². The van der Waals surface area contributed by atoms with Crippen molar-refractivity contribution in [2.45, 2.75) is 52.2 Å². The Labute approximate surface area is 213 Å². The van der Waals surface area contributed by atoms with E-state index in [9.17, 15) is 18.0 Å². The second kappa shape index (κ2) is 12.8. The Hall–Kier alpha value is -2.78. The molecule has 8 nitrogen and oxygen atoms in total. The van der Waals surface area contributed by atoms with E-state index < -0.39 is 16.1 Å². The van der Waals surface area contributed by atoms with Crippen LogP contribution in [0.15, 0.2) is 48.5 Å². The Bertz CT molecular complexity index is 1110. The zero-order valence-electron chi connectivity index (χ0n) is 20.8. The van der Waals surface area contributed by atoms with Gasteiger partial charge in [0, 0.05) is 30.6 Å². The van der Waals surface area contributed by atoms with E-state index >= 15 is 0 Å². The Morgan fingerprint density at radius 2 is 1.74 bits per heavy atom. The molecule has 0 aliphatic carbocycles. The number of nitrogens with one attached hydrogen (secondary N) is 1. The average molecular weight is 524 g/mol. The van der Waals surface area contributed by atoms with Crippen LogP contribution in [0.3, 0.4) is 0 Å². The summed E-state index contributed by atoms with van der Waals surface area (Å²) in [5, 5.41) is 3.27. The number of amides is 2. The van der Waals surface area contributed by atoms with Crippen molar-refractivity contribution in [2.75, 3.05) is 24.2 Å². The molecule has 0 aromatic heterocycles. The number of hydrogen-bond donors (Lipinski definition) is 1. The highest BCUT2D eigenvalue weighted by molar-refractivity contribution is 7.92. The molecule has 1 unspecified atom stereocenters.